The Morgan fingerprint density at radius 2 is 1.39 bits per heavy atom. The van der Waals surface area contributed by atoms with Crippen molar-refractivity contribution in [1.82, 2.24) is 9.29 Å². The topological polar surface area (TPSA) is 128 Å². The van der Waals surface area contributed by atoms with Gasteiger partial charge in [-0.1, -0.05) is 12.1 Å². The minimum absolute atomic E-state index is 0.000702. The molecule has 0 amide bonds. The van der Waals surface area contributed by atoms with Gasteiger partial charge in [0.05, 0.1) is 4.92 Å². The number of nitro benzene ring substituents is 1. The summed E-state index contributed by atoms with van der Waals surface area (Å²) in [5, 5.41) is 13.2. The van der Waals surface area contributed by atoms with Crippen molar-refractivity contribution >= 4 is 49.1 Å². The zero-order valence-electron chi connectivity index (χ0n) is 19.1. The van der Waals surface area contributed by atoms with Crippen molar-refractivity contribution in [2.24, 2.45) is 0 Å². The molecule has 182 valence electrons. The Kier molecular flexibility index (Phi) is 5.06. The molecule has 0 atom stereocenters. The molecule has 0 aliphatic heterocycles. The average molecular weight is 504 g/mol. The highest BCUT2D eigenvalue weighted by molar-refractivity contribution is 7.89. The number of ketones is 2. The second-order valence-electron chi connectivity index (χ2n) is 9.09. The molecule has 2 aliphatic rings. The van der Waals surface area contributed by atoms with Crippen molar-refractivity contribution in [3.8, 4) is 0 Å². The lowest BCUT2D eigenvalue weighted by Crippen LogP contribution is -2.28. The number of nitro groups is 1. The van der Waals surface area contributed by atoms with Crippen LogP contribution in [0.2, 0.25) is 0 Å². The molecule has 6 rings (SSSR count). The molecule has 4 aromatic rings. The number of sulfonamides is 1. The second kappa shape index (κ2) is 8.07. The Morgan fingerprint density at radius 3 is 1.94 bits per heavy atom. The third-order valence-electron chi connectivity index (χ3n) is 7.20. The standard InChI is InChI=1S/C26H21N3O6S/c30-22-11-7-17-15(22)5-9-20-25(17)26-18-8-12-23(31)16(18)6-10-21(26)28(20)14-13-27-36(34,35)24-4-2-1-3-19(24)29(32)33/h1-6,9-10,27H,7-8,11-14H2. The summed E-state index contributed by atoms with van der Waals surface area (Å²) in [6, 6.07) is 12.7. The van der Waals surface area contributed by atoms with E-state index in [1.54, 1.807) is 0 Å². The molecule has 0 saturated carbocycles. The van der Waals surface area contributed by atoms with Gasteiger partial charge in [0.25, 0.3) is 5.69 Å². The largest absolute Gasteiger partial charge is 0.339 e. The SMILES string of the molecule is O=C1CCc2c1ccc1c2c2c3c(ccc2n1CCNS(=O)(=O)c1ccccc1[N+](=O)[O-])C(=O)CC3. The van der Waals surface area contributed by atoms with E-state index < -0.39 is 20.6 Å². The van der Waals surface area contributed by atoms with Gasteiger partial charge in [0.1, 0.15) is 0 Å². The highest BCUT2D eigenvalue weighted by Gasteiger charge is 2.30. The Hall–Kier alpha value is -3.89. The summed E-state index contributed by atoms with van der Waals surface area (Å²) >= 11 is 0. The van der Waals surface area contributed by atoms with Crippen LogP contribution in [0.3, 0.4) is 0 Å². The van der Waals surface area contributed by atoms with Crippen molar-refractivity contribution in [2.75, 3.05) is 6.54 Å². The highest BCUT2D eigenvalue weighted by Crippen LogP contribution is 2.41. The van der Waals surface area contributed by atoms with Gasteiger partial charge in [0, 0.05) is 64.9 Å². The van der Waals surface area contributed by atoms with Crippen LogP contribution in [0.15, 0.2) is 53.4 Å². The fourth-order valence-corrected chi connectivity index (χ4v) is 6.83. The number of carbonyl (C=O) groups is 2. The van der Waals surface area contributed by atoms with E-state index in [1.165, 1.54) is 18.2 Å². The third kappa shape index (κ3) is 3.29. The predicted molar refractivity (Wildman–Crippen MR) is 133 cm³/mol. The average Bonchev–Trinajstić information content (AvgIpc) is 3.53. The summed E-state index contributed by atoms with van der Waals surface area (Å²) in [4.78, 5) is 35.1. The Balaban J connectivity index is 1.43. The van der Waals surface area contributed by atoms with Gasteiger partial charge in [0.15, 0.2) is 16.5 Å². The monoisotopic (exact) mass is 503 g/mol. The molecule has 36 heavy (non-hydrogen) atoms. The number of benzene rings is 3. The van der Waals surface area contributed by atoms with E-state index in [1.807, 2.05) is 28.8 Å². The lowest BCUT2D eigenvalue weighted by molar-refractivity contribution is -0.387. The van der Waals surface area contributed by atoms with Crippen LogP contribution in [0.4, 0.5) is 5.69 Å². The summed E-state index contributed by atoms with van der Waals surface area (Å²) in [5.41, 5.74) is 4.64. The van der Waals surface area contributed by atoms with Crippen LogP contribution >= 0.6 is 0 Å². The molecule has 1 aromatic heterocycles. The number of aryl methyl sites for hydroxylation is 2. The first-order valence-corrected chi connectivity index (χ1v) is 13.2. The quantitative estimate of drug-likeness (QED) is 0.314. The molecule has 2 aliphatic carbocycles. The molecule has 3 aromatic carbocycles. The number of rotatable bonds is 6. The minimum Gasteiger partial charge on any atom is -0.339 e. The first kappa shape index (κ1) is 22.6. The summed E-state index contributed by atoms with van der Waals surface area (Å²) in [5.74, 6) is 0.210. The smallest absolute Gasteiger partial charge is 0.289 e. The van der Waals surface area contributed by atoms with Crippen molar-refractivity contribution in [3.63, 3.8) is 0 Å². The van der Waals surface area contributed by atoms with E-state index in [-0.39, 0.29) is 29.6 Å². The Morgan fingerprint density at radius 1 is 0.833 bits per heavy atom. The number of para-hydroxylation sites is 1. The maximum Gasteiger partial charge on any atom is 0.289 e. The molecule has 10 heteroatoms. The van der Waals surface area contributed by atoms with Crippen LogP contribution in [-0.4, -0.2) is 36.0 Å². The molecule has 0 spiro atoms. The van der Waals surface area contributed by atoms with Gasteiger partial charge >= 0.3 is 0 Å². The van der Waals surface area contributed by atoms with Crippen molar-refractivity contribution in [1.29, 1.82) is 0 Å². The Bertz CT molecular complexity index is 1670. The molecular weight excluding hydrogens is 482 g/mol. The van der Waals surface area contributed by atoms with Crippen LogP contribution in [0.25, 0.3) is 21.8 Å². The van der Waals surface area contributed by atoms with Crippen LogP contribution < -0.4 is 4.72 Å². The van der Waals surface area contributed by atoms with Crippen LogP contribution in [-0.2, 0) is 29.4 Å². The normalized spacial score (nSPS) is 15.1. The number of carbonyl (C=O) groups excluding carboxylic acids is 2. The van der Waals surface area contributed by atoms with Crippen molar-refractivity contribution in [2.45, 2.75) is 37.1 Å². The van der Waals surface area contributed by atoms with Gasteiger partial charge in [-0.25, -0.2) is 13.1 Å². The van der Waals surface area contributed by atoms with Gasteiger partial charge in [-0.3, -0.25) is 19.7 Å². The molecular formula is C26H21N3O6S. The maximum atomic E-state index is 12.9. The van der Waals surface area contributed by atoms with Crippen LogP contribution in [0.5, 0.6) is 0 Å². The number of fused-ring (bicyclic) bond motifs is 7. The molecule has 1 N–H and O–H groups in total. The molecule has 0 fully saturated rings. The number of nitrogens with zero attached hydrogens (tertiary/aromatic N) is 2. The lowest BCUT2D eigenvalue weighted by atomic mass is 9.98. The number of Topliss-reactive ketones (excluding diaryl/α,β-unsaturated/α-hetero) is 2. The van der Waals surface area contributed by atoms with E-state index in [4.69, 9.17) is 0 Å². The van der Waals surface area contributed by atoms with Gasteiger partial charge < -0.3 is 4.57 Å². The van der Waals surface area contributed by atoms with Crippen LogP contribution in [0.1, 0.15) is 44.7 Å². The van der Waals surface area contributed by atoms with Crippen molar-refractivity contribution < 1.29 is 22.9 Å². The van der Waals surface area contributed by atoms with E-state index in [2.05, 4.69) is 4.72 Å². The number of hydrogen-bond acceptors (Lipinski definition) is 6. The Labute approximate surface area is 205 Å². The summed E-state index contributed by atoms with van der Waals surface area (Å²) in [6.45, 7) is 0.263. The van der Waals surface area contributed by atoms with E-state index in [0.29, 0.717) is 36.8 Å². The summed E-state index contributed by atoms with van der Waals surface area (Å²) in [6.07, 6.45) is 2.16. The van der Waals surface area contributed by atoms with Gasteiger partial charge in [0.2, 0.25) is 10.0 Å². The summed E-state index contributed by atoms with van der Waals surface area (Å²) in [7, 11) is -4.12. The zero-order chi connectivity index (χ0) is 25.2. The number of aromatic nitrogens is 1. The second-order valence-corrected chi connectivity index (χ2v) is 10.8. The van der Waals surface area contributed by atoms with E-state index in [9.17, 15) is 28.1 Å². The van der Waals surface area contributed by atoms with Crippen molar-refractivity contribution in [3.05, 3.63) is 80.9 Å². The number of hydrogen-bond donors (Lipinski definition) is 1. The first-order valence-electron chi connectivity index (χ1n) is 11.7. The minimum atomic E-state index is -4.12. The van der Waals surface area contributed by atoms with E-state index in [0.717, 1.165) is 39.0 Å². The molecule has 0 unspecified atom stereocenters. The number of nitrogens with one attached hydrogen (secondary N) is 1. The van der Waals surface area contributed by atoms with E-state index >= 15 is 0 Å². The molecule has 1 heterocycles. The van der Waals surface area contributed by atoms with Gasteiger partial charge in [-0.05, 0) is 54.3 Å². The summed E-state index contributed by atoms with van der Waals surface area (Å²) < 4.78 is 30.3. The maximum absolute atomic E-state index is 12.9. The lowest BCUT2D eigenvalue weighted by Gasteiger charge is -2.11. The van der Waals surface area contributed by atoms with Gasteiger partial charge in [-0.15, -0.1) is 0 Å². The third-order valence-corrected chi connectivity index (χ3v) is 8.71. The highest BCUT2D eigenvalue weighted by atomic mass is 32.2. The molecule has 0 bridgehead atoms. The first-order chi connectivity index (χ1) is 17.3. The van der Waals surface area contributed by atoms with Gasteiger partial charge in [-0.2, -0.15) is 0 Å². The predicted octanol–water partition coefficient (Wildman–Crippen LogP) is 3.94. The zero-order valence-corrected chi connectivity index (χ0v) is 19.9. The molecule has 0 saturated heterocycles. The molecule has 9 nitrogen and oxygen atoms in total. The fraction of sp³-hybridized carbons (Fsp3) is 0.231. The fourth-order valence-electron chi connectivity index (χ4n) is 5.64. The van der Waals surface area contributed by atoms with Crippen LogP contribution in [0, 0.1) is 10.1 Å². The molecule has 0 radical (unpaired) electrons.